The lowest BCUT2D eigenvalue weighted by atomic mass is 10.2. The summed E-state index contributed by atoms with van der Waals surface area (Å²) in [6.07, 6.45) is 0.893. The van der Waals surface area contributed by atoms with Crippen molar-refractivity contribution in [3.63, 3.8) is 0 Å². The Morgan fingerprint density at radius 3 is 2.91 bits per heavy atom. The fourth-order valence-electron chi connectivity index (χ4n) is 0.986. The fourth-order valence-corrected chi connectivity index (χ4v) is 3.39. The monoisotopic (exact) mass is 182 g/mol. The molecular weight excluding hydrogens is 176 g/mol. The Balaban J connectivity index is 2.48. The quantitative estimate of drug-likeness (QED) is 0.621. The third kappa shape index (κ3) is 1.30. The van der Waals surface area contributed by atoms with E-state index in [1.54, 1.807) is 11.8 Å². The molecule has 3 heteroatoms. The average molecular weight is 182 g/mol. The SMILES string of the molecule is O=Cc1ccc2c(c1)SCS2. The van der Waals surface area contributed by atoms with Crippen LogP contribution in [0.3, 0.4) is 0 Å². The largest absolute Gasteiger partial charge is 0.298 e. The van der Waals surface area contributed by atoms with Gasteiger partial charge in [0.15, 0.2) is 0 Å². The summed E-state index contributed by atoms with van der Waals surface area (Å²) in [5.74, 6) is 0. The Labute approximate surface area is 73.6 Å². The van der Waals surface area contributed by atoms with Gasteiger partial charge < -0.3 is 0 Å². The van der Waals surface area contributed by atoms with Crippen LogP contribution in [0.25, 0.3) is 0 Å². The lowest BCUT2D eigenvalue weighted by Crippen LogP contribution is -1.79. The van der Waals surface area contributed by atoms with E-state index in [0.29, 0.717) is 0 Å². The Hall–Kier alpha value is -0.410. The standard InChI is InChI=1S/C8H6OS2/c9-4-6-1-2-7-8(3-6)11-5-10-7/h1-4H,5H2. The summed E-state index contributed by atoms with van der Waals surface area (Å²) >= 11 is 3.64. The number of fused-ring (bicyclic) bond motifs is 1. The molecule has 0 radical (unpaired) electrons. The van der Waals surface area contributed by atoms with Gasteiger partial charge in [-0.1, -0.05) is 6.07 Å². The molecule has 1 aromatic rings. The van der Waals surface area contributed by atoms with Crippen molar-refractivity contribution in [2.24, 2.45) is 0 Å². The third-order valence-corrected chi connectivity index (χ3v) is 3.92. The van der Waals surface area contributed by atoms with Gasteiger partial charge in [0.25, 0.3) is 0 Å². The smallest absolute Gasteiger partial charge is 0.150 e. The first-order valence-corrected chi connectivity index (χ1v) is 5.22. The van der Waals surface area contributed by atoms with Crippen LogP contribution < -0.4 is 0 Å². The molecule has 1 heterocycles. The Kier molecular flexibility index (Phi) is 1.92. The zero-order valence-electron chi connectivity index (χ0n) is 5.74. The highest BCUT2D eigenvalue weighted by Crippen LogP contribution is 2.41. The second-order valence-electron chi connectivity index (χ2n) is 2.23. The zero-order valence-corrected chi connectivity index (χ0v) is 7.37. The highest BCUT2D eigenvalue weighted by Gasteiger charge is 2.11. The summed E-state index contributed by atoms with van der Waals surface area (Å²) in [4.78, 5) is 12.9. The van der Waals surface area contributed by atoms with Gasteiger partial charge >= 0.3 is 0 Å². The van der Waals surface area contributed by atoms with Crippen LogP contribution in [0, 0.1) is 0 Å². The highest BCUT2D eigenvalue weighted by atomic mass is 32.2. The van der Waals surface area contributed by atoms with Gasteiger partial charge in [0, 0.05) is 20.4 Å². The number of aldehydes is 1. The summed E-state index contributed by atoms with van der Waals surface area (Å²) in [7, 11) is 0. The minimum Gasteiger partial charge on any atom is -0.298 e. The summed E-state index contributed by atoms with van der Waals surface area (Å²) in [5.41, 5.74) is 0.777. The molecule has 56 valence electrons. The number of rotatable bonds is 1. The molecule has 2 rings (SSSR count). The van der Waals surface area contributed by atoms with Gasteiger partial charge in [0.05, 0.1) is 0 Å². The highest BCUT2D eigenvalue weighted by molar-refractivity contribution is 8.18. The number of hydrogen-bond acceptors (Lipinski definition) is 3. The predicted molar refractivity (Wildman–Crippen MR) is 48.4 cm³/mol. The molecule has 1 aliphatic heterocycles. The number of carbonyl (C=O) groups is 1. The molecule has 0 fully saturated rings. The van der Waals surface area contributed by atoms with E-state index in [0.717, 1.165) is 16.9 Å². The number of benzene rings is 1. The van der Waals surface area contributed by atoms with Crippen molar-refractivity contribution in [3.05, 3.63) is 23.8 Å². The fraction of sp³-hybridized carbons (Fsp3) is 0.125. The predicted octanol–water partition coefficient (Wildman–Crippen LogP) is 2.65. The van der Waals surface area contributed by atoms with Crippen molar-refractivity contribution >= 4 is 29.8 Å². The van der Waals surface area contributed by atoms with Crippen LogP contribution in [0.1, 0.15) is 10.4 Å². The molecular formula is C8H6OS2. The van der Waals surface area contributed by atoms with Gasteiger partial charge in [0.1, 0.15) is 6.29 Å². The van der Waals surface area contributed by atoms with Crippen LogP contribution in [0.15, 0.2) is 28.0 Å². The Morgan fingerprint density at radius 2 is 2.09 bits per heavy atom. The molecule has 0 unspecified atom stereocenters. The maximum absolute atomic E-state index is 10.4. The lowest BCUT2D eigenvalue weighted by Gasteiger charge is -1.95. The molecule has 1 aromatic carbocycles. The van der Waals surface area contributed by atoms with Crippen LogP contribution in [-0.2, 0) is 0 Å². The lowest BCUT2D eigenvalue weighted by molar-refractivity contribution is 0.112. The van der Waals surface area contributed by atoms with Crippen LogP contribution in [0.5, 0.6) is 0 Å². The first-order valence-electron chi connectivity index (χ1n) is 3.25. The Morgan fingerprint density at radius 1 is 1.27 bits per heavy atom. The molecule has 0 saturated carbocycles. The Bertz CT molecular complexity index is 296. The van der Waals surface area contributed by atoms with Crippen molar-refractivity contribution in [3.8, 4) is 0 Å². The van der Waals surface area contributed by atoms with E-state index in [1.807, 2.05) is 30.0 Å². The number of thioether (sulfide) groups is 2. The first-order chi connectivity index (χ1) is 5.40. The van der Waals surface area contributed by atoms with Crippen molar-refractivity contribution in [1.82, 2.24) is 0 Å². The van der Waals surface area contributed by atoms with Crippen LogP contribution in [0.2, 0.25) is 0 Å². The number of hydrogen-bond donors (Lipinski definition) is 0. The molecule has 1 aliphatic rings. The maximum atomic E-state index is 10.4. The second-order valence-corrected chi connectivity index (χ2v) is 4.63. The van der Waals surface area contributed by atoms with Crippen molar-refractivity contribution < 1.29 is 4.79 Å². The van der Waals surface area contributed by atoms with Gasteiger partial charge in [-0.3, -0.25) is 4.79 Å². The molecule has 0 spiro atoms. The molecule has 11 heavy (non-hydrogen) atoms. The maximum Gasteiger partial charge on any atom is 0.150 e. The van der Waals surface area contributed by atoms with E-state index in [9.17, 15) is 4.79 Å². The molecule has 0 amide bonds. The molecule has 1 nitrogen and oxygen atoms in total. The zero-order chi connectivity index (χ0) is 7.68. The third-order valence-electron chi connectivity index (χ3n) is 1.53. The summed E-state index contributed by atoms with van der Waals surface area (Å²) in [5, 5.41) is 1.08. The summed E-state index contributed by atoms with van der Waals surface area (Å²) in [6, 6.07) is 5.83. The van der Waals surface area contributed by atoms with E-state index in [2.05, 4.69) is 0 Å². The van der Waals surface area contributed by atoms with Crippen LogP contribution in [0.4, 0.5) is 0 Å². The molecule has 0 N–H and O–H groups in total. The summed E-state index contributed by atoms with van der Waals surface area (Å²) in [6.45, 7) is 0. The van der Waals surface area contributed by atoms with E-state index >= 15 is 0 Å². The van der Waals surface area contributed by atoms with Crippen molar-refractivity contribution in [2.45, 2.75) is 9.79 Å². The minimum absolute atomic E-state index is 0.777. The van der Waals surface area contributed by atoms with Gasteiger partial charge in [-0.2, -0.15) is 0 Å². The van der Waals surface area contributed by atoms with Gasteiger partial charge in [-0.15, -0.1) is 23.5 Å². The topological polar surface area (TPSA) is 17.1 Å². The number of carbonyl (C=O) groups excluding carboxylic acids is 1. The van der Waals surface area contributed by atoms with Gasteiger partial charge in [-0.05, 0) is 12.1 Å². The first kappa shape index (κ1) is 7.25. The molecule has 0 aliphatic carbocycles. The van der Waals surface area contributed by atoms with Gasteiger partial charge in [0.2, 0.25) is 0 Å². The van der Waals surface area contributed by atoms with E-state index in [-0.39, 0.29) is 0 Å². The van der Waals surface area contributed by atoms with E-state index in [1.165, 1.54) is 9.79 Å². The summed E-state index contributed by atoms with van der Waals surface area (Å²) < 4.78 is 0. The second kappa shape index (κ2) is 2.91. The van der Waals surface area contributed by atoms with E-state index < -0.39 is 0 Å². The normalized spacial score (nSPS) is 14.5. The minimum atomic E-state index is 0.777. The molecule has 0 saturated heterocycles. The molecule has 0 atom stereocenters. The van der Waals surface area contributed by atoms with Crippen molar-refractivity contribution in [1.29, 1.82) is 0 Å². The van der Waals surface area contributed by atoms with Crippen molar-refractivity contribution in [2.75, 3.05) is 5.08 Å². The average Bonchev–Trinajstić information content (AvgIpc) is 2.50. The van der Waals surface area contributed by atoms with Gasteiger partial charge in [-0.25, -0.2) is 0 Å². The molecule has 0 bridgehead atoms. The van der Waals surface area contributed by atoms with Crippen LogP contribution in [-0.4, -0.2) is 11.4 Å². The molecule has 0 aromatic heterocycles. The van der Waals surface area contributed by atoms with Crippen LogP contribution >= 0.6 is 23.5 Å². The van der Waals surface area contributed by atoms with E-state index in [4.69, 9.17) is 0 Å².